The summed E-state index contributed by atoms with van der Waals surface area (Å²) in [7, 11) is 1.58. The van der Waals surface area contributed by atoms with Crippen molar-refractivity contribution in [2.75, 3.05) is 31.0 Å². The van der Waals surface area contributed by atoms with E-state index in [0.29, 0.717) is 35.0 Å². The van der Waals surface area contributed by atoms with Crippen LogP contribution in [0.4, 0.5) is 11.4 Å². The molecule has 31 heavy (non-hydrogen) atoms. The summed E-state index contributed by atoms with van der Waals surface area (Å²) < 4.78 is 16.0. The predicted molar refractivity (Wildman–Crippen MR) is 119 cm³/mol. The van der Waals surface area contributed by atoms with Crippen molar-refractivity contribution in [2.45, 2.75) is 6.92 Å². The summed E-state index contributed by atoms with van der Waals surface area (Å²) >= 11 is 0. The van der Waals surface area contributed by atoms with Gasteiger partial charge in [0.05, 0.1) is 25.0 Å². The van der Waals surface area contributed by atoms with Gasteiger partial charge in [0.1, 0.15) is 17.2 Å². The first-order valence-electron chi connectivity index (χ1n) is 9.79. The Morgan fingerprint density at radius 2 is 1.39 bits per heavy atom. The summed E-state index contributed by atoms with van der Waals surface area (Å²) in [6.45, 7) is 2.28. The molecule has 3 aromatic rings. The third-order valence-electron chi connectivity index (χ3n) is 4.30. The molecular formula is C24H24N2O5. The van der Waals surface area contributed by atoms with E-state index in [4.69, 9.17) is 14.2 Å². The fraction of sp³-hybridized carbons (Fsp3) is 0.167. The zero-order chi connectivity index (χ0) is 22.1. The second-order valence-corrected chi connectivity index (χ2v) is 6.47. The van der Waals surface area contributed by atoms with Gasteiger partial charge in [0, 0.05) is 5.69 Å². The average Bonchev–Trinajstić information content (AvgIpc) is 2.80. The zero-order valence-corrected chi connectivity index (χ0v) is 17.4. The first-order valence-corrected chi connectivity index (χ1v) is 9.79. The van der Waals surface area contributed by atoms with Crippen LogP contribution in [-0.4, -0.2) is 32.1 Å². The lowest BCUT2D eigenvalue weighted by Gasteiger charge is -2.12. The molecule has 0 saturated heterocycles. The number of anilines is 2. The van der Waals surface area contributed by atoms with Gasteiger partial charge in [-0.2, -0.15) is 0 Å². The summed E-state index contributed by atoms with van der Waals surface area (Å²) in [5.41, 5.74) is 1.36. The number of nitrogens with one attached hydrogen (secondary N) is 2. The van der Waals surface area contributed by atoms with E-state index in [1.165, 1.54) is 0 Å². The molecule has 0 aliphatic carbocycles. The van der Waals surface area contributed by atoms with Gasteiger partial charge in [-0.3, -0.25) is 9.59 Å². The Morgan fingerprint density at radius 1 is 0.774 bits per heavy atom. The van der Waals surface area contributed by atoms with Crippen LogP contribution in [0.15, 0.2) is 72.8 Å². The average molecular weight is 420 g/mol. The molecule has 7 heteroatoms. The molecule has 0 spiro atoms. The van der Waals surface area contributed by atoms with Crippen molar-refractivity contribution < 1.29 is 23.8 Å². The fourth-order valence-corrected chi connectivity index (χ4v) is 2.80. The lowest BCUT2D eigenvalue weighted by atomic mass is 10.1. The van der Waals surface area contributed by atoms with Crippen molar-refractivity contribution in [3.05, 3.63) is 78.4 Å². The minimum atomic E-state index is -0.378. The lowest BCUT2D eigenvalue weighted by molar-refractivity contribution is -0.118. The molecule has 0 radical (unpaired) electrons. The Hall–Kier alpha value is -4.00. The molecule has 0 aromatic heterocycles. The molecule has 160 valence electrons. The molecule has 0 atom stereocenters. The van der Waals surface area contributed by atoms with Crippen LogP contribution >= 0.6 is 0 Å². The van der Waals surface area contributed by atoms with Gasteiger partial charge in [0.2, 0.25) is 0 Å². The first-order chi connectivity index (χ1) is 15.1. The lowest BCUT2D eigenvalue weighted by Crippen LogP contribution is -2.22. The van der Waals surface area contributed by atoms with E-state index >= 15 is 0 Å². The Morgan fingerprint density at radius 3 is 2.06 bits per heavy atom. The molecular weight excluding hydrogens is 396 g/mol. The van der Waals surface area contributed by atoms with Crippen LogP contribution in [0.2, 0.25) is 0 Å². The van der Waals surface area contributed by atoms with Gasteiger partial charge in [-0.1, -0.05) is 12.1 Å². The minimum absolute atomic E-state index is 0.193. The number of methoxy groups -OCH3 is 1. The van der Waals surface area contributed by atoms with Crippen molar-refractivity contribution in [1.82, 2.24) is 0 Å². The number of para-hydroxylation sites is 1. The summed E-state index contributed by atoms with van der Waals surface area (Å²) in [5, 5.41) is 5.55. The second-order valence-electron chi connectivity index (χ2n) is 6.47. The zero-order valence-electron chi connectivity index (χ0n) is 17.4. The van der Waals surface area contributed by atoms with Crippen LogP contribution in [0.5, 0.6) is 17.2 Å². The van der Waals surface area contributed by atoms with E-state index in [2.05, 4.69) is 10.6 Å². The van der Waals surface area contributed by atoms with Gasteiger partial charge < -0.3 is 24.8 Å². The number of ether oxygens (including phenoxy) is 3. The number of carbonyl (C=O) groups is 2. The van der Waals surface area contributed by atoms with E-state index in [1.54, 1.807) is 79.9 Å². The van der Waals surface area contributed by atoms with Crippen LogP contribution in [0.3, 0.4) is 0 Å². The van der Waals surface area contributed by atoms with Crippen molar-refractivity contribution in [2.24, 2.45) is 0 Å². The van der Waals surface area contributed by atoms with Gasteiger partial charge >= 0.3 is 0 Å². The third kappa shape index (κ3) is 6.24. The Labute approximate surface area is 180 Å². The smallest absolute Gasteiger partial charge is 0.262 e. The fourth-order valence-electron chi connectivity index (χ4n) is 2.80. The van der Waals surface area contributed by atoms with E-state index < -0.39 is 0 Å². The molecule has 0 saturated carbocycles. The number of carbonyl (C=O) groups excluding carboxylic acids is 2. The van der Waals surface area contributed by atoms with Gasteiger partial charge in [-0.15, -0.1) is 0 Å². The number of benzene rings is 3. The van der Waals surface area contributed by atoms with Crippen LogP contribution in [0.1, 0.15) is 17.3 Å². The highest BCUT2D eigenvalue weighted by Crippen LogP contribution is 2.20. The molecule has 2 amide bonds. The van der Waals surface area contributed by atoms with Gasteiger partial charge in [-0.25, -0.2) is 0 Å². The number of hydrogen-bond donors (Lipinski definition) is 2. The maximum atomic E-state index is 12.7. The van der Waals surface area contributed by atoms with Crippen molar-refractivity contribution in [3.63, 3.8) is 0 Å². The van der Waals surface area contributed by atoms with Gasteiger partial charge in [0.25, 0.3) is 11.8 Å². The molecule has 3 rings (SSSR count). The first kappa shape index (κ1) is 21.7. The molecule has 0 heterocycles. The highest BCUT2D eigenvalue weighted by Gasteiger charge is 2.14. The molecule has 0 bridgehead atoms. The Balaban J connectivity index is 1.60. The van der Waals surface area contributed by atoms with Crippen molar-refractivity contribution in [1.29, 1.82) is 0 Å². The third-order valence-corrected chi connectivity index (χ3v) is 4.30. The Kier molecular flexibility index (Phi) is 7.48. The predicted octanol–water partition coefficient (Wildman–Crippen LogP) is 4.36. The summed E-state index contributed by atoms with van der Waals surface area (Å²) in [4.78, 5) is 25.1. The molecule has 0 aliphatic heterocycles. The topological polar surface area (TPSA) is 85.9 Å². The quantitative estimate of drug-likeness (QED) is 0.537. The largest absolute Gasteiger partial charge is 0.497 e. The highest BCUT2D eigenvalue weighted by atomic mass is 16.5. The monoisotopic (exact) mass is 420 g/mol. The number of rotatable bonds is 9. The number of amides is 2. The molecule has 7 nitrogen and oxygen atoms in total. The molecule has 0 unspecified atom stereocenters. The summed E-state index contributed by atoms with van der Waals surface area (Å²) in [6, 6.07) is 20.8. The normalized spacial score (nSPS) is 10.1. The van der Waals surface area contributed by atoms with Crippen LogP contribution in [0, 0.1) is 0 Å². The van der Waals surface area contributed by atoms with Crippen molar-refractivity contribution >= 4 is 23.2 Å². The minimum Gasteiger partial charge on any atom is -0.497 e. The standard InChI is InChI=1S/C24H24N2O5/c1-3-30-19-10-8-17(9-11-19)25-24(28)21-6-4-5-7-22(21)26-23(27)16-31-20-14-12-18(29-2)13-15-20/h4-15H,3,16H2,1-2H3,(H,25,28)(H,26,27). The highest BCUT2D eigenvalue weighted by molar-refractivity contribution is 6.10. The maximum Gasteiger partial charge on any atom is 0.262 e. The molecule has 2 N–H and O–H groups in total. The van der Waals surface area contributed by atoms with E-state index in [9.17, 15) is 9.59 Å². The second kappa shape index (κ2) is 10.7. The van der Waals surface area contributed by atoms with E-state index in [0.717, 1.165) is 5.75 Å². The van der Waals surface area contributed by atoms with Crippen LogP contribution < -0.4 is 24.8 Å². The molecule has 3 aromatic carbocycles. The van der Waals surface area contributed by atoms with E-state index in [-0.39, 0.29) is 18.4 Å². The van der Waals surface area contributed by atoms with Crippen molar-refractivity contribution in [3.8, 4) is 17.2 Å². The molecule has 0 fully saturated rings. The van der Waals surface area contributed by atoms with Crippen LogP contribution in [-0.2, 0) is 4.79 Å². The number of hydrogen-bond acceptors (Lipinski definition) is 5. The van der Waals surface area contributed by atoms with E-state index in [1.807, 2.05) is 6.92 Å². The summed E-state index contributed by atoms with van der Waals surface area (Å²) in [5.74, 6) is 1.25. The Bertz CT molecular complexity index is 1020. The SMILES string of the molecule is CCOc1ccc(NC(=O)c2ccccc2NC(=O)COc2ccc(OC)cc2)cc1. The van der Waals surface area contributed by atoms with Gasteiger partial charge in [0.15, 0.2) is 6.61 Å². The summed E-state index contributed by atoms with van der Waals surface area (Å²) in [6.07, 6.45) is 0. The maximum absolute atomic E-state index is 12.7. The van der Waals surface area contributed by atoms with Crippen LogP contribution in [0.25, 0.3) is 0 Å². The molecule has 0 aliphatic rings. The van der Waals surface area contributed by atoms with Gasteiger partial charge in [-0.05, 0) is 67.6 Å².